The number of nitrogens with one attached hydrogen (secondary N) is 1. The van der Waals surface area contributed by atoms with Gasteiger partial charge in [0.2, 0.25) is 0 Å². The normalized spacial score (nSPS) is 12.1. The number of anilines is 8. The van der Waals surface area contributed by atoms with Crippen molar-refractivity contribution in [1.29, 1.82) is 0 Å². The summed E-state index contributed by atoms with van der Waals surface area (Å²) >= 11 is 7.39. The summed E-state index contributed by atoms with van der Waals surface area (Å²) in [6.07, 6.45) is 0. The topological polar surface area (TPSA) is 57.9 Å². The highest BCUT2D eigenvalue weighted by Gasteiger charge is 2.29. The Morgan fingerprint density at radius 1 is 0.178 bits per heavy atom. The van der Waals surface area contributed by atoms with Crippen molar-refractivity contribution < 1.29 is 13.3 Å². The first kappa shape index (κ1) is 81.4. The highest BCUT2D eigenvalue weighted by Crippen LogP contribution is 2.54. The average molecular weight is 1860 g/mol. The third kappa shape index (κ3) is 13.6. The standard InChI is InChI=1S/C80H56N2O2.C33H25NO.C14H8Br2/c1-47(2)49-29-33-51(34-30-49)81(53-37-39-63-73-43-69-59-21-9-5-17-55(59)57-19-7-11-23-61(57)71(69)45-77(73)83-75(63)41-53)79-65-25-13-15-27-67(65)80(68-28-16-14-26-66(68)79)82(52-35-31-50(32-36-52)48(3)4)54-38-40-64-74-44-70-60-22-10-6-18-56(60)58-20-8-12-24-62(58)72(70)46-78(74)84-76(64)42-54;1-20(2)21-11-13-22(14-12-21)34-23-15-16-28-31-18-29-26-9-5-3-7-24(26)25-8-4-6-10-27(25)30(29)19-33(31)35-32(28)17-23;15-13-9-5-1-2-6-10(9)14(16)12-8-4-3-7-11(12)13/h5-48H,1-4H3;3-20,34H,1-2H3;1-8H. The minimum absolute atomic E-state index is 0.379. The van der Waals surface area contributed by atoms with Gasteiger partial charge in [-0.15, -0.1) is 0 Å². The molecule has 0 atom stereocenters. The van der Waals surface area contributed by atoms with E-state index in [9.17, 15) is 0 Å². The molecule has 644 valence electrons. The van der Waals surface area contributed by atoms with Crippen LogP contribution in [0, 0.1) is 0 Å². The van der Waals surface area contributed by atoms with E-state index in [-0.39, 0.29) is 0 Å². The number of hydrogen-bond acceptors (Lipinski definition) is 6. The summed E-state index contributed by atoms with van der Waals surface area (Å²) in [4.78, 5) is 4.92. The maximum Gasteiger partial charge on any atom is 0.137 e. The number of nitrogens with zero attached hydrogens (tertiary/aromatic N) is 2. The van der Waals surface area contributed by atoms with Crippen LogP contribution in [0.4, 0.5) is 45.5 Å². The predicted octanol–water partition coefficient (Wildman–Crippen LogP) is 39.3. The van der Waals surface area contributed by atoms with Crippen LogP contribution >= 0.6 is 31.9 Å². The summed E-state index contributed by atoms with van der Waals surface area (Å²) in [7, 11) is 0. The van der Waals surface area contributed by atoms with Gasteiger partial charge in [0, 0.05) is 115 Å². The summed E-state index contributed by atoms with van der Waals surface area (Å²) in [5, 5.41) is 42.1. The fraction of sp³-hybridized carbons (Fsp3) is 0.0709. The fourth-order valence-electron chi connectivity index (χ4n) is 21.4. The Morgan fingerprint density at radius 2 is 0.385 bits per heavy atom. The van der Waals surface area contributed by atoms with Crippen LogP contribution in [0.25, 0.3) is 206 Å². The molecule has 24 aromatic carbocycles. The molecule has 0 aliphatic carbocycles. The molecule has 8 heteroatoms. The van der Waals surface area contributed by atoms with Crippen molar-refractivity contribution in [3.63, 3.8) is 0 Å². The molecular weight excluding hydrogens is 1780 g/mol. The van der Waals surface area contributed by atoms with Crippen molar-refractivity contribution in [2.75, 3.05) is 15.1 Å². The first-order valence-corrected chi connectivity index (χ1v) is 48.3. The minimum Gasteiger partial charge on any atom is -0.456 e. The quantitative estimate of drug-likeness (QED) is 0.0791. The van der Waals surface area contributed by atoms with Crippen LogP contribution < -0.4 is 15.1 Å². The molecule has 0 fully saturated rings. The molecule has 0 aliphatic rings. The van der Waals surface area contributed by atoms with E-state index in [2.05, 4.69) is 495 Å². The third-order valence-corrected chi connectivity index (χ3v) is 29.8. The summed E-state index contributed by atoms with van der Waals surface area (Å²) in [5.41, 5.74) is 17.6. The Hall–Kier alpha value is -15.6. The molecule has 6 nitrogen and oxygen atoms in total. The molecule has 0 saturated heterocycles. The molecule has 0 saturated carbocycles. The average Bonchev–Trinajstić information content (AvgIpc) is 1.67. The second kappa shape index (κ2) is 32.7. The van der Waals surface area contributed by atoms with E-state index < -0.39 is 0 Å². The van der Waals surface area contributed by atoms with Gasteiger partial charge in [0.1, 0.15) is 33.5 Å². The van der Waals surface area contributed by atoms with Gasteiger partial charge in [-0.25, -0.2) is 0 Å². The lowest BCUT2D eigenvalue weighted by Crippen LogP contribution is -2.14. The van der Waals surface area contributed by atoms with E-state index in [0.29, 0.717) is 17.8 Å². The van der Waals surface area contributed by atoms with E-state index in [1.165, 1.54) is 144 Å². The lowest BCUT2D eigenvalue weighted by atomic mass is 9.93. The first-order chi connectivity index (χ1) is 66.2. The largest absolute Gasteiger partial charge is 0.456 e. The SMILES string of the molecule is Brc1c2ccccc2c(Br)c2ccccc12.CC(C)c1ccc(N(c2ccc3c(c2)oc2cc4c5ccccc5c5ccccc5c4cc23)c2c3ccccc3c(N(c3ccc(C(C)C)cc3)c3ccc4c(c3)oc3cc5c6ccccc6c6ccccc6c5cc34)c3ccccc23)cc1.CC(C)c1ccc(Nc2ccc3c(c2)oc2cc4c5ccccc5c5ccccc5c4cc23)cc1. The zero-order valence-electron chi connectivity index (χ0n) is 75.3. The molecule has 0 bridgehead atoms. The molecule has 1 N–H and O–H groups in total. The van der Waals surface area contributed by atoms with Crippen LogP contribution in [0.3, 0.4) is 0 Å². The summed E-state index contributed by atoms with van der Waals surface area (Å²) < 4.78 is 22.8. The first-order valence-electron chi connectivity index (χ1n) is 46.7. The van der Waals surface area contributed by atoms with Crippen LogP contribution in [-0.4, -0.2) is 0 Å². The van der Waals surface area contributed by atoms with Gasteiger partial charge in [0.15, 0.2) is 0 Å². The summed E-state index contributed by atoms with van der Waals surface area (Å²) in [6.45, 7) is 13.5. The van der Waals surface area contributed by atoms with Crippen LogP contribution in [0.5, 0.6) is 0 Å². The number of furan rings is 3. The van der Waals surface area contributed by atoms with E-state index in [1.807, 2.05) is 0 Å². The van der Waals surface area contributed by atoms with Gasteiger partial charge in [-0.3, -0.25) is 0 Å². The molecule has 3 aromatic heterocycles. The molecule has 0 unspecified atom stereocenters. The van der Waals surface area contributed by atoms with Gasteiger partial charge in [-0.05, 0) is 294 Å². The number of fused-ring (bicyclic) bond motifs is 31. The van der Waals surface area contributed by atoms with Gasteiger partial charge in [-0.2, -0.15) is 0 Å². The molecule has 0 radical (unpaired) electrons. The van der Waals surface area contributed by atoms with Gasteiger partial charge < -0.3 is 28.4 Å². The predicted molar refractivity (Wildman–Crippen MR) is 585 cm³/mol. The maximum absolute atomic E-state index is 7.04. The zero-order chi connectivity index (χ0) is 90.5. The van der Waals surface area contributed by atoms with Gasteiger partial charge in [0.05, 0.1) is 11.4 Å². The van der Waals surface area contributed by atoms with Crippen molar-refractivity contribution in [2.45, 2.75) is 59.3 Å². The summed E-state index contributed by atoms with van der Waals surface area (Å²) in [5.74, 6) is 1.29. The minimum atomic E-state index is 0.379. The maximum atomic E-state index is 7.04. The van der Waals surface area contributed by atoms with E-state index in [4.69, 9.17) is 13.3 Å². The second-order valence-electron chi connectivity index (χ2n) is 36.9. The number of halogens is 2. The smallest absolute Gasteiger partial charge is 0.137 e. The van der Waals surface area contributed by atoms with E-state index in [1.54, 1.807) is 0 Å². The van der Waals surface area contributed by atoms with Crippen molar-refractivity contribution in [3.05, 3.63) is 432 Å². The summed E-state index contributed by atoms with van der Waals surface area (Å²) in [6, 6.07) is 148. The Labute approximate surface area is 796 Å². The van der Waals surface area contributed by atoms with Crippen LogP contribution in [0.15, 0.2) is 429 Å². The lowest BCUT2D eigenvalue weighted by molar-refractivity contribution is 0.669. The molecule has 3 heterocycles. The van der Waals surface area contributed by atoms with Crippen molar-refractivity contribution in [1.82, 2.24) is 0 Å². The van der Waals surface area contributed by atoms with Gasteiger partial charge in [-0.1, -0.05) is 321 Å². The molecular formula is C127H89Br2N3O3. The molecule has 0 spiro atoms. The Balaban J connectivity index is 0.000000154. The van der Waals surface area contributed by atoms with Crippen LogP contribution in [0.1, 0.15) is 76.0 Å². The van der Waals surface area contributed by atoms with E-state index in [0.717, 1.165) is 133 Å². The van der Waals surface area contributed by atoms with Crippen molar-refractivity contribution in [3.8, 4) is 0 Å². The van der Waals surface area contributed by atoms with Crippen LogP contribution in [-0.2, 0) is 0 Å². The highest BCUT2D eigenvalue weighted by atomic mass is 79.9. The monoisotopic (exact) mass is 1860 g/mol. The zero-order valence-corrected chi connectivity index (χ0v) is 78.5. The number of benzene rings is 24. The lowest BCUT2D eigenvalue weighted by Gasteiger charge is -2.33. The molecule has 27 aromatic rings. The van der Waals surface area contributed by atoms with Crippen molar-refractivity contribution in [2.24, 2.45) is 0 Å². The van der Waals surface area contributed by atoms with Crippen LogP contribution in [0.2, 0.25) is 0 Å². The Morgan fingerprint density at radius 3 is 0.659 bits per heavy atom. The Bertz CT molecular complexity index is 9040. The molecule has 135 heavy (non-hydrogen) atoms. The molecule has 0 amide bonds. The second-order valence-corrected chi connectivity index (χ2v) is 38.5. The Kier molecular flexibility index (Phi) is 19.7. The molecule has 27 rings (SSSR count). The van der Waals surface area contributed by atoms with E-state index >= 15 is 0 Å². The number of rotatable bonds is 11. The van der Waals surface area contributed by atoms with Crippen molar-refractivity contribution >= 4 is 283 Å². The van der Waals surface area contributed by atoms with Gasteiger partial charge >= 0.3 is 0 Å². The third-order valence-electron chi connectivity index (χ3n) is 28.1. The van der Waals surface area contributed by atoms with Gasteiger partial charge in [0.25, 0.3) is 0 Å². The highest BCUT2D eigenvalue weighted by molar-refractivity contribution is 9.11. The molecule has 0 aliphatic heterocycles. The number of hydrogen-bond donors (Lipinski definition) is 1. The fourth-order valence-corrected chi connectivity index (χ4v) is 22.8.